The SMILES string of the molecule is CCOC(=O)C(C)(CC(C)N1CCCCCC1=O)CC(C)(CC)C(=O)NC(C)(C)CC(C)(C)C. The Morgan fingerprint density at radius 2 is 1.59 bits per heavy atom. The van der Waals surface area contributed by atoms with Crippen molar-refractivity contribution in [3.63, 3.8) is 0 Å². The zero-order valence-corrected chi connectivity index (χ0v) is 23.7. The molecule has 3 atom stereocenters. The predicted octanol–water partition coefficient (Wildman–Crippen LogP) is 5.87. The topological polar surface area (TPSA) is 75.7 Å². The number of hydrogen-bond acceptors (Lipinski definition) is 4. The number of carbonyl (C=O) groups excluding carboxylic acids is 3. The Morgan fingerprint density at radius 3 is 2.12 bits per heavy atom. The normalized spacial score (nSPS) is 20.1. The number of likely N-dealkylation sites (tertiary alicyclic amines) is 1. The number of hydrogen-bond donors (Lipinski definition) is 1. The third-order valence-electron chi connectivity index (χ3n) is 7.19. The zero-order valence-electron chi connectivity index (χ0n) is 23.7. The second-order valence-electron chi connectivity index (χ2n) is 12.9. The van der Waals surface area contributed by atoms with Gasteiger partial charge in [0.25, 0.3) is 0 Å². The summed E-state index contributed by atoms with van der Waals surface area (Å²) < 4.78 is 5.51. The molecule has 2 amide bonds. The maximum atomic E-state index is 13.6. The summed E-state index contributed by atoms with van der Waals surface area (Å²) in [6, 6.07) is -0.0958. The molecular weight excluding hydrogens is 428 g/mol. The van der Waals surface area contributed by atoms with E-state index in [0.717, 1.165) is 32.2 Å². The molecule has 0 radical (unpaired) electrons. The summed E-state index contributed by atoms with van der Waals surface area (Å²) in [4.78, 5) is 41.5. The Labute approximate surface area is 208 Å². The van der Waals surface area contributed by atoms with Crippen molar-refractivity contribution in [2.24, 2.45) is 16.2 Å². The summed E-state index contributed by atoms with van der Waals surface area (Å²) in [6.45, 7) is 21.3. The highest BCUT2D eigenvalue weighted by atomic mass is 16.5. The Kier molecular flexibility index (Phi) is 10.7. The molecule has 0 aliphatic carbocycles. The fourth-order valence-electron chi connectivity index (χ4n) is 5.82. The number of nitrogens with one attached hydrogen (secondary N) is 1. The first kappa shape index (κ1) is 30.4. The molecule has 1 rings (SSSR count). The molecule has 0 spiro atoms. The second-order valence-corrected chi connectivity index (χ2v) is 12.9. The van der Waals surface area contributed by atoms with Crippen molar-refractivity contribution in [1.82, 2.24) is 10.2 Å². The molecule has 1 heterocycles. The van der Waals surface area contributed by atoms with E-state index < -0.39 is 10.8 Å². The number of esters is 1. The van der Waals surface area contributed by atoms with E-state index in [1.54, 1.807) is 6.92 Å². The number of nitrogens with zero attached hydrogens (tertiary/aromatic N) is 1. The summed E-state index contributed by atoms with van der Waals surface area (Å²) in [5.41, 5.74) is -1.90. The largest absolute Gasteiger partial charge is 0.466 e. The van der Waals surface area contributed by atoms with Crippen LogP contribution in [0, 0.1) is 16.2 Å². The average Bonchev–Trinajstić information content (AvgIpc) is 2.89. The van der Waals surface area contributed by atoms with Crippen LogP contribution >= 0.6 is 0 Å². The van der Waals surface area contributed by atoms with Crippen LogP contribution in [-0.2, 0) is 19.1 Å². The average molecular weight is 481 g/mol. The van der Waals surface area contributed by atoms with Crippen LogP contribution in [0.2, 0.25) is 0 Å². The van der Waals surface area contributed by atoms with Gasteiger partial charge in [0.05, 0.1) is 12.0 Å². The minimum Gasteiger partial charge on any atom is -0.466 e. The van der Waals surface area contributed by atoms with Gasteiger partial charge in [-0.15, -0.1) is 0 Å². The first-order chi connectivity index (χ1) is 15.5. The highest BCUT2D eigenvalue weighted by molar-refractivity contribution is 5.85. The van der Waals surface area contributed by atoms with Crippen LogP contribution in [0.15, 0.2) is 0 Å². The lowest BCUT2D eigenvalue weighted by molar-refractivity contribution is -0.160. The maximum Gasteiger partial charge on any atom is 0.311 e. The summed E-state index contributed by atoms with van der Waals surface area (Å²) in [7, 11) is 0. The van der Waals surface area contributed by atoms with Crippen molar-refractivity contribution in [1.29, 1.82) is 0 Å². The molecule has 34 heavy (non-hydrogen) atoms. The molecule has 1 fully saturated rings. The van der Waals surface area contributed by atoms with Crippen molar-refractivity contribution in [2.75, 3.05) is 13.2 Å². The minimum absolute atomic E-state index is 0.0294. The Morgan fingerprint density at radius 1 is 0.971 bits per heavy atom. The van der Waals surface area contributed by atoms with Crippen molar-refractivity contribution >= 4 is 17.8 Å². The lowest BCUT2D eigenvalue weighted by atomic mass is 9.68. The van der Waals surface area contributed by atoms with Gasteiger partial charge >= 0.3 is 5.97 Å². The van der Waals surface area contributed by atoms with Gasteiger partial charge in [0.1, 0.15) is 0 Å². The zero-order chi connectivity index (χ0) is 26.4. The van der Waals surface area contributed by atoms with Gasteiger partial charge in [0.2, 0.25) is 11.8 Å². The van der Waals surface area contributed by atoms with E-state index in [1.807, 2.05) is 32.6 Å². The summed E-state index contributed by atoms with van der Waals surface area (Å²) in [6.07, 6.45) is 5.84. The molecule has 1 saturated heterocycles. The van der Waals surface area contributed by atoms with E-state index in [1.165, 1.54) is 0 Å². The summed E-state index contributed by atoms with van der Waals surface area (Å²) in [5.74, 6) is -0.153. The van der Waals surface area contributed by atoms with Crippen molar-refractivity contribution in [2.45, 2.75) is 132 Å². The predicted molar refractivity (Wildman–Crippen MR) is 138 cm³/mol. The van der Waals surface area contributed by atoms with Crippen LogP contribution in [0.1, 0.15) is 121 Å². The van der Waals surface area contributed by atoms with Gasteiger partial charge in [-0.25, -0.2) is 0 Å². The lowest BCUT2D eigenvalue weighted by Crippen LogP contribution is -2.53. The molecule has 198 valence electrons. The monoisotopic (exact) mass is 480 g/mol. The van der Waals surface area contributed by atoms with Gasteiger partial charge in [-0.3, -0.25) is 14.4 Å². The first-order valence-corrected chi connectivity index (χ1v) is 13.3. The van der Waals surface area contributed by atoms with Gasteiger partial charge in [0.15, 0.2) is 0 Å². The van der Waals surface area contributed by atoms with Crippen molar-refractivity contribution in [3.05, 3.63) is 0 Å². The second kappa shape index (κ2) is 11.9. The van der Waals surface area contributed by atoms with Crippen LogP contribution in [0.4, 0.5) is 0 Å². The molecule has 0 saturated carbocycles. The number of amides is 2. The molecule has 1 N–H and O–H groups in total. The fraction of sp³-hybridized carbons (Fsp3) is 0.893. The van der Waals surface area contributed by atoms with E-state index in [2.05, 4.69) is 39.9 Å². The Balaban J connectivity index is 3.17. The van der Waals surface area contributed by atoms with Crippen LogP contribution < -0.4 is 5.32 Å². The van der Waals surface area contributed by atoms with Gasteiger partial charge < -0.3 is 15.0 Å². The molecule has 1 aliphatic rings. The highest BCUT2D eigenvalue weighted by Crippen LogP contribution is 2.42. The molecule has 0 aromatic heterocycles. The van der Waals surface area contributed by atoms with Gasteiger partial charge in [-0.2, -0.15) is 0 Å². The molecule has 6 heteroatoms. The van der Waals surface area contributed by atoms with E-state index in [-0.39, 0.29) is 34.8 Å². The lowest BCUT2D eigenvalue weighted by Gasteiger charge is -2.42. The van der Waals surface area contributed by atoms with E-state index >= 15 is 0 Å². The van der Waals surface area contributed by atoms with Gasteiger partial charge in [0, 0.05) is 30.0 Å². The smallest absolute Gasteiger partial charge is 0.311 e. The van der Waals surface area contributed by atoms with Crippen LogP contribution in [0.5, 0.6) is 0 Å². The Hall–Kier alpha value is -1.59. The first-order valence-electron chi connectivity index (χ1n) is 13.3. The number of ether oxygens (including phenoxy) is 1. The molecule has 0 aromatic rings. The van der Waals surface area contributed by atoms with Crippen molar-refractivity contribution in [3.8, 4) is 0 Å². The summed E-state index contributed by atoms with van der Waals surface area (Å²) in [5, 5.41) is 3.27. The van der Waals surface area contributed by atoms with Crippen LogP contribution in [0.25, 0.3) is 0 Å². The molecule has 0 aromatic carbocycles. The van der Waals surface area contributed by atoms with Crippen LogP contribution in [-0.4, -0.2) is 47.4 Å². The fourth-order valence-corrected chi connectivity index (χ4v) is 5.82. The van der Waals surface area contributed by atoms with Gasteiger partial charge in [-0.05, 0) is 78.6 Å². The summed E-state index contributed by atoms with van der Waals surface area (Å²) >= 11 is 0. The standard InChI is InChI=1S/C28H52N2O4/c1-11-27(9,23(32)29-26(7,8)19-25(4,5)6)20-28(10,24(33)34-12-2)18-21(3)30-17-15-13-14-16-22(30)31/h21H,11-20H2,1-10H3,(H,29,32). The molecule has 0 bridgehead atoms. The quantitative estimate of drug-likeness (QED) is 0.375. The number of rotatable bonds is 11. The van der Waals surface area contributed by atoms with Crippen LogP contribution in [0.3, 0.4) is 0 Å². The molecule has 1 aliphatic heterocycles. The van der Waals surface area contributed by atoms with E-state index in [4.69, 9.17) is 4.74 Å². The van der Waals surface area contributed by atoms with Gasteiger partial charge in [-0.1, -0.05) is 41.0 Å². The Bertz CT molecular complexity index is 712. The molecule has 6 nitrogen and oxygen atoms in total. The minimum atomic E-state index is -0.877. The maximum absolute atomic E-state index is 13.6. The third kappa shape index (κ3) is 8.88. The molecular formula is C28H52N2O4. The third-order valence-corrected chi connectivity index (χ3v) is 7.19. The van der Waals surface area contributed by atoms with Crippen molar-refractivity contribution < 1.29 is 19.1 Å². The molecule has 3 unspecified atom stereocenters. The highest BCUT2D eigenvalue weighted by Gasteiger charge is 2.47. The van der Waals surface area contributed by atoms with E-state index in [0.29, 0.717) is 32.3 Å². The van der Waals surface area contributed by atoms with E-state index in [9.17, 15) is 14.4 Å². The number of carbonyl (C=O) groups is 3.